The molecule has 1 aromatic carbocycles. The van der Waals surface area contributed by atoms with E-state index in [0.717, 1.165) is 53.2 Å². The second-order valence-corrected chi connectivity index (χ2v) is 6.22. The zero-order chi connectivity index (χ0) is 17.9. The second-order valence-electron chi connectivity index (χ2n) is 6.22. The Hall–Kier alpha value is -3.15. The fourth-order valence-corrected chi connectivity index (χ4v) is 3.33. The summed E-state index contributed by atoms with van der Waals surface area (Å²) in [6.07, 6.45) is 7.97. The lowest BCUT2D eigenvalue weighted by atomic mass is 10.0. The number of aromatic amines is 1. The Morgan fingerprint density at radius 3 is 2.92 bits per heavy atom. The summed E-state index contributed by atoms with van der Waals surface area (Å²) >= 11 is 0. The molecule has 0 saturated carbocycles. The first-order valence-corrected chi connectivity index (χ1v) is 8.80. The van der Waals surface area contributed by atoms with Crippen LogP contribution in [-0.4, -0.2) is 27.5 Å². The Bertz CT molecular complexity index is 931. The number of ether oxygens (including phenoxy) is 1. The highest BCUT2D eigenvalue weighted by Crippen LogP contribution is 2.33. The summed E-state index contributed by atoms with van der Waals surface area (Å²) in [4.78, 5) is 24.7. The van der Waals surface area contributed by atoms with Crippen LogP contribution in [0.15, 0.2) is 43.0 Å². The number of anilines is 1. The molecule has 1 aliphatic rings. The molecule has 2 heterocycles. The van der Waals surface area contributed by atoms with Gasteiger partial charge in [0.2, 0.25) is 0 Å². The quantitative estimate of drug-likeness (QED) is 0.755. The number of H-pyrrole nitrogens is 1. The highest BCUT2D eigenvalue weighted by atomic mass is 16.5. The van der Waals surface area contributed by atoms with Gasteiger partial charge in [0.1, 0.15) is 12.1 Å². The topological polar surface area (TPSA) is 79.9 Å². The van der Waals surface area contributed by atoms with E-state index in [-0.39, 0.29) is 5.91 Å². The maximum absolute atomic E-state index is 12.9. The number of aryl methyl sites for hydroxylation is 2. The molecule has 0 unspecified atom stereocenters. The van der Waals surface area contributed by atoms with Crippen molar-refractivity contribution in [1.29, 1.82) is 0 Å². The Morgan fingerprint density at radius 1 is 1.27 bits per heavy atom. The minimum Gasteiger partial charge on any atom is -0.494 e. The fourth-order valence-electron chi connectivity index (χ4n) is 3.33. The van der Waals surface area contributed by atoms with Gasteiger partial charge in [-0.1, -0.05) is 0 Å². The molecule has 26 heavy (non-hydrogen) atoms. The van der Waals surface area contributed by atoms with Gasteiger partial charge in [-0.05, 0) is 56.0 Å². The number of carbonyl (C=O) groups excluding carboxylic acids is 1. The first-order valence-electron chi connectivity index (χ1n) is 8.80. The van der Waals surface area contributed by atoms with E-state index >= 15 is 0 Å². The third-order valence-electron chi connectivity index (χ3n) is 4.53. The number of nitrogens with zero attached hydrogens (tertiary/aromatic N) is 2. The second kappa shape index (κ2) is 7.00. The number of amides is 1. The number of benzene rings is 1. The van der Waals surface area contributed by atoms with Gasteiger partial charge in [-0.2, -0.15) is 0 Å². The van der Waals surface area contributed by atoms with Crippen LogP contribution < -0.4 is 10.1 Å². The summed E-state index contributed by atoms with van der Waals surface area (Å²) in [5.41, 5.74) is 5.22. The average molecular weight is 348 g/mol. The Kier molecular flexibility index (Phi) is 4.39. The number of fused-ring (bicyclic) bond motifs is 3. The minimum absolute atomic E-state index is 0.155. The van der Waals surface area contributed by atoms with Crippen molar-refractivity contribution in [2.75, 3.05) is 11.9 Å². The van der Waals surface area contributed by atoms with Crippen molar-refractivity contribution in [1.82, 2.24) is 15.0 Å². The van der Waals surface area contributed by atoms with E-state index in [4.69, 9.17) is 4.74 Å². The van der Waals surface area contributed by atoms with Crippen LogP contribution >= 0.6 is 0 Å². The van der Waals surface area contributed by atoms with Gasteiger partial charge in [-0.15, -0.1) is 0 Å². The Labute approximate surface area is 151 Å². The van der Waals surface area contributed by atoms with Crippen LogP contribution in [0, 0.1) is 0 Å². The van der Waals surface area contributed by atoms with Crippen LogP contribution in [0.4, 0.5) is 5.69 Å². The van der Waals surface area contributed by atoms with Crippen molar-refractivity contribution in [3.63, 3.8) is 0 Å². The predicted octanol–water partition coefficient (Wildman–Crippen LogP) is 3.61. The van der Waals surface area contributed by atoms with Gasteiger partial charge in [0, 0.05) is 29.3 Å². The van der Waals surface area contributed by atoms with E-state index in [2.05, 4.69) is 20.3 Å². The van der Waals surface area contributed by atoms with E-state index < -0.39 is 0 Å². The lowest BCUT2D eigenvalue weighted by Gasteiger charge is -2.09. The zero-order valence-corrected chi connectivity index (χ0v) is 14.6. The van der Waals surface area contributed by atoms with Gasteiger partial charge in [-0.3, -0.25) is 4.79 Å². The number of nitrogens with one attached hydrogen (secondary N) is 2. The first-order chi connectivity index (χ1) is 12.8. The Morgan fingerprint density at radius 2 is 2.12 bits per heavy atom. The zero-order valence-electron chi connectivity index (χ0n) is 14.6. The Balaban J connectivity index is 1.64. The SMILES string of the molecule is CCOc1ccc(NC(=O)c2c[nH]c3c2-c2ncncc2CCC3)cc1. The average Bonchev–Trinajstić information content (AvgIpc) is 2.99. The lowest BCUT2D eigenvalue weighted by Crippen LogP contribution is -2.12. The van der Waals surface area contributed by atoms with Crippen molar-refractivity contribution in [2.45, 2.75) is 26.2 Å². The molecular formula is C20H20N4O2. The van der Waals surface area contributed by atoms with Gasteiger partial charge < -0.3 is 15.0 Å². The van der Waals surface area contributed by atoms with Gasteiger partial charge in [0.25, 0.3) is 5.91 Å². The molecule has 1 aliphatic carbocycles. The van der Waals surface area contributed by atoms with Crippen LogP contribution in [0.25, 0.3) is 11.3 Å². The molecule has 2 aromatic heterocycles. The summed E-state index contributed by atoms with van der Waals surface area (Å²) < 4.78 is 5.43. The molecule has 6 nitrogen and oxygen atoms in total. The minimum atomic E-state index is -0.155. The summed E-state index contributed by atoms with van der Waals surface area (Å²) in [6, 6.07) is 7.37. The lowest BCUT2D eigenvalue weighted by molar-refractivity contribution is 0.102. The molecular weight excluding hydrogens is 328 g/mol. The van der Waals surface area contributed by atoms with Crippen molar-refractivity contribution in [2.24, 2.45) is 0 Å². The van der Waals surface area contributed by atoms with Gasteiger partial charge in [-0.25, -0.2) is 9.97 Å². The number of rotatable bonds is 4. The molecule has 132 valence electrons. The van der Waals surface area contributed by atoms with E-state index in [1.54, 1.807) is 6.20 Å². The van der Waals surface area contributed by atoms with Crippen molar-refractivity contribution in [3.8, 4) is 17.0 Å². The van der Waals surface area contributed by atoms with Gasteiger partial charge >= 0.3 is 0 Å². The first kappa shape index (κ1) is 16.3. The molecule has 1 amide bonds. The standard InChI is InChI=1S/C20H20N4O2/c1-2-26-15-8-6-14(7-9-15)24-20(25)16-11-22-17-5-3-4-13-10-21-12-23-19(13)18(16)17/h6-12,22H,2-5H2,1H3,(H,24,25). The van der Waals surface area contributed by atoms with E-state index in [0.29, 0.717) is 12.2 Å². The monoisotopic (exact) mass is 348 g/mol. The molecule has 0 saturated heterocycles. The normalized spacial score (nSPS) is 12.7. The fraction of sp³-hybridized carbons (Fsp3) is 0.250. The van der Waals surface area contributed by atoms with E-state index in [1.807, 2.05) is 37.4 Å². The molecule has 3 aromatic rings. The van der Waals surface area contributed by atoms with Crippen molar-refractivity contribution < 1.29 is 9.53 Å². The molecule has 4 rings (SSSR count). The van der Waals surface area contributed by atoms with Crippen LogP contribution in [0.1, 0.15) is 35.0 Å². The summed E-state index contributed by atoms with van der Waals surface area (Å²) in [5, 5.41) is 2.96. The maximum atomic E-state index is 12.9. The number of aromatic nitrogens is 3. The van der Waals surface area contributed by atoms with Crippen molar-refractivity contribution in [3.05, 3.63) is 59.8 Å². The van der Waals surface area contributed by atoms with Crippen LogP contribution in [0.3, 0.4) is 0 Å². The highest BCUT2D eigenvalue weighted by molar-refractivity contribution is 6.09. The third kappa shape index (κ3) is 3.06. The molecule has 0 atom stereocenters. The highest BCUT2D eigenvalue weighted by Gasteiger charge is 2.24. The molecule has 0 fully saturated rings. The van der Waals surface area contributed by atoms with E-state index in [9.17, 15) is 4.79 Å². The summed E-state index contributed by atoms with van der Waals surface area (Å²) in [5.74, 6) is 0.629. The van der Waals surface area contributed by atoms with Gasteiger partial charge in [0.05, 0.1) is 17.9 Å². The maximum Gasteiger partial charge on any atom is 0.257 e. The molecule has 0 bridgehead atoms. The summed E-state index contributed by atoms with van der Waals surface area (Å²) in [7, 11) is 0. The predicted molar refractivity (Wildman–Crippen MR) is 99.4 cm³/mol. The molecule has 6 heteroatoms. The largest absolute Gasteiger partial charge is 0.494 e. The van der Waals surface area contributed by atoms with Crippen LogP contribution in [0.5, 0.6) is 5.75 Å². The van der Waals surface area contributed by atoms with E-state index in [1.165, 1.54) is 6.33 Å². The summed E-state index contributed by atoms with van der Waals surface area (Å²) in [6.45, 7) is 2.55. The molecule has 0 spiro atoms. The molecule has 2 N–H and O–H groups in total. The van der Waals surface area contributed by atoms with Gasteiger partial charge in [0.15, 0.2) is 0 Å². The smallest absolute Gasteiger partial charge is 0.257 e. The third-order valence-corrected chi connectivity index (χ3v) is 4.53. The number of carbonyl (C=O) groups is 1. The molecule has 0 radical (unpaired) electrons. The number of hydrogen-bond acceptors (Lipinski definition) is 4. The number of hydrogen-bond donors (Lipinski definition) is 2. The van der Waals surface area contributed by atoms with Crippen LogP contribution in [0.2, 0.25) is 0 Å². The molecule has 0 aliphatic heterocycles. The van der Waals surface area contributed by atoms with Crippen molar-refractivity contribution >= 4 is 11.6 Å². The van der Waals surface area contributed by atoms with Crippen LogP contribution in [-0.2, 0) is 12.8 Å².